The Hall–Kier alpha value is -5.83. The number of fused-ring (bicyclic) bond motifs is 4. The average Bonchev–Trinajstić information content (AvgIpc) is 3.89. The first-order chi connectivity index (χ1) is 27.9. The van der Waals surface area contributed by atoms with E-state index in [1.54, 1.807) is 83.8 Å². The molecule has 12 nitrogen and oxygen atoms in total. The average molecular weight is 799 g/mol. The van der Waals surface area contributed by atoms with Gasteiger partial charge in [-0.05, 0) is 74.0 Å². The van der Waals surface area contributed by atoms with Crippen molar-refractivity contribution in [1.29, 1.82) is 0 Å². The first kappa shape index (κ1) is 37.7. The molecule has 2 amide bonds. The van der Waals surface area contributed by atoms with Crippen LogP contribution in [0.2, 0.25) is 18.6 Å². The van der Waals surface area contributed by atoms with Gasteiger partial charge in [-0.15, -0.1) is 0 Å². The minimum atomic E-state index is -3.62. The first-order valence-corrected chi connectivity index (χ1v) is 22.6. The smallest absolute Gasteiger partial charge is 0.279 e. The van der Waals surface area contributed by atoms with E-state index in [1.165, 1.54) is 9.36 Å². The van der Waals surface area contributed by atoms with Crippen LogP contribution in [0.1, 0.15) is 37.3 Å². The van der Waals surface area contributed by atoms with E-state index in [0.29, 0.717) is 51.7 Å². The molecule has 3 aliphatic heterocycles. The Morgan fingerprint density at radius 1 is 0.879 bits per heavy atom. The molecule has 5 heterocycles. The minimum Gasteiger partial charge on any atom is -0.394 e. The summed E-state index contributed by atoms with van der Waals surface area (Å²) in [6.45, 7) is 5.46. The zero-order valence-electron chi connectivity index (χ0n) is 32.4. The summed E-state index contributed by atoms with van der Waals surface area (Å²) in [6, 6.07) is 26.6. The highest BCUT2D eigenvalue weighted by molar-refractivity contribution is 6.72. The fraction of sp³-hybridized carbons (Fsp3) is 0.318. The zero-order valence-corrected chi connectivity index (χ0v) is 33.4. The summed E-state index contributed by atoms with van der Waals surface area (Å²) in [5.41, 5.74) is -0.273. The van der Waals surface area contributed by atoms with Gasteiger partial charge < -0.3 is 23.8 Å². The third-order valence-corrected chi connectivity index (χ3v) is 14.8. The van der Waals surface area contributed by atoms with E-state index < -0.39 is 37.5 Å². The van der Waals surface area contributed by atoms with E-state index in [-0.39, 0.29) is 42.6 Å². The number of amides is 2. The summed E-state index contributed by atoms with van der Waals surface area (Å²) < 4.78 is 26.2. The predicted octanol–water partition coefficient (Wildman–Crippen LogP) is 5.78. The molecule has 6 aromatic rings. The highest BCUT2D eigenvalue weighted by Crippen LogP contribution is 2.60. The molecule has 0 saturated carbocycles. The van der Waals surface area contributed by atoms with Gasteiger partial charge in [0, 0.05) is 34.3 Å². The molecule has 296 valence electrons. The zero-order chi connectivity index (χ0) is 40.5. The molecule has 2 aromatic heterocycles. The summed E-state index contributed by atoms with van der Waals surface area (Å²) in [5.74, 6) is -1.32. The molecule has 5 atom stereocenters. The number of carbonyl (C=O) groups excluding carboxylic acids is 2. The molecule has 0 radical (unpaired) electrons. The Kier molecular flexibility index (Phi) is 9.25. The van der Waals surface area contributed by atoms with Gasteiger partial charge >= 0.3 is 0 Å². The summed E-state index contributed by atoms with van der Waals surface area (Å²) >= 11 is 0. The summed E-state index contributed by atoms with van der Waals surface area (Å²) in [4.78, 5) is 59.5. The van der Waals surface area contributed by atoms with Crippen LogP contribution in [0.15, 0.2) is 113 Å². The number of likely N-dealkylation sites (tertiary alicyclic amines) is 1. The quantitative estimate of drug-likeness (QED) is 0.151. The van der Waals surface area contributed by atoms with Crippen LogP contribution >= 0.6 is 0 Å². The molecule has 0 unspecified atom stereocenters. The van der Waals surface area contributed by atoms with Crippen molar-refractivity contribution in [2.24, 2.45) is 5.92 Å². The Labute approximate surface area is 334 Å². The SMILES string of the molecule is C[C@@H]1[C@@H]([Si](C)(C)F)[C@H](CC(=O)N2CCC[C@H]2CO)O[C@@]12C(=O)N(Cc1ccc(-n3ncc4ccccc4c3=O)cc1)c1ccc(-n3ncc4ccccc4c3=O)cc12. The van der Waals surface area contributed by atoms with Crippen molar-refractivity contribution in [1.82, 2.24) is 24.5 Å². The first-order valence-electron chi connectivity index (χ1n) is 19.7. The topological polar surface area (TPSA) is 140 Å². The second-order valence-electron chi connectivity index (χ2n) is 16.2. The molecule has 1 spiro atoms. The number of halogens is 1. The molecule has 4 aromatic carbocycles. The van der Waals surface area contributed by atoms with Gasteiger partial charge in [0.1, 0.15) is 0 Å². The van der Waals surface area contributed by atoms with Crippen molar-refractivity contribution in [3.63, 3.8) is 0 Å². The lowest BCUT2D eigenvalue weighted by Gasteiger charge is -2.31. The number of anilines is 1. The largest absolute Gasteiger partial charge is 0.394 e. The van der Waals surface area contributed by atoms with Crippen LogP contribution in [0.4, 0.5) is 9.80 Å². The molecular formula is C44H43FN6O6Si. The molecule has 58 heavy (non-hydrogen) atoms. The molecule has 1 N–H and O–H groups in total. The van der Waals surface area contributed by atoms with E-state index >= 15 is 8.90 Å². The number of hydrogen-bond acceptors (Lipinski definition) is 8. The maximum absolute atomic E-state index is 16.7. The summed E-state index contributed by atoms with van der Waals surface area (Å²) in [7, 11) is -3.62. The maximum atomic E-state index is 16.7. The van der Waals surface area contributed by atoms with Crippen molar-refractivity contribution < 1.29 is 23.5 Å². The molecule has 2 saturated heterocycles. The van der Waals surface area contributed by atoms with E-state index in [4.69, 9.17) is 4.74 Å². The molecule has 0 bridgehead atoms. The fourth-order valence-corrected chi connectivity index (χ4v) is 12.1. The normalized spacial score (nSPS) is 23.1. The Bertz CT molecular complexity index is 2730. The number of benzene rings is 4. The van der Waals surface area contributed by atoms with Crippen molar-refractivity contribution in [3.8, 4) is 11.4 Å². The van der Waals surface area contributed by atoms with Gasteiger partial charge in [-0.1, -0.05) is 55.5 Å². The third kappa shape index (κ3) is 6.00. The van der Waals surface area contributed by atoms with Crippen LogP contribution < -0.4 is 16.0 Å². The van der Waals surface area contributed by atoms with Crippen LogP contribution in [-0.4, -0.2) is 75.1 Å². The summed E-state index contributed by atoms with van der Waals surface area (Å²) in [6.07, 6.45) is 3.66. The lowest BCUT2D eigenvalue weighted by Crippen LogP contribution is -2.45. The minimum absolute atomic E-state index is 0.119. The van der Waals surface area contributed by atoms with Crippen LogP contribution in [0.3, 0.4) is 0 Å². The van der Waals surface area contributed by atoms with E-state index in [1.807, 2.05) is 49.4 Å². The number of aliphatic hydroxyl groups is 1. The lowest BCUT2D eigenvalue weighted by molar-refractivity contribution is -0.150. The van der Waals surface area contributed by atoms with E-state index in [0.717, 1.165) is 17.4 Å². The van der Waals surface area contributed by atoms with Gasteiger partial charge in [-0.25, -0.2) is 0 Å². The molecule has 3 aliphatic rings. The van der Waals surface area contributed by atoms with Crippen molar-refractivity contribution in [2.75, 3.05) is 18.1 Å². The van der Waals surface area contributed by atoms with Crippen molar-refractivity contribution >= 4 is 47.5 Å². The van der Waals surface area contributed by atoms with Gasteiger partial charge in [0.05, 0.1) is 71.9 Å². The Balaban J connectivity index is 1.12. The van der Waals surface area contributed by atoms with Gasteiger partial charge in [0.2, 0.25) is 14.3 Å². The molecule has 2 fully saturated rings. The summed E-state index contributed by atoms with van der Waals surface area (Å²) in [5, 5.41) is 21.3. The highest BCUT2D eigenvalue weighted by Gasteiger charge is 2.67. The van der Waals surface area contributed by atoms with Crippen molar-refractivity contribution in [3.05, 3.63) is 135 Å². The second-order valence-corrected chi connectivity index (χ2v) is 20.0. The molecule has 14 heteroatoms. The monoisotopic (exact) mass is 798 g/mol. The Morgan fingerprint density at radius 2 is 1.48 bits per heavy atom. The molecular weight excluding hydrogens is 756 g/mol. The number of hydrogen-bond donors (Lipinski definition) is 1. The van der Waals surface area contributed by atoms with Crippen LogP contribution in [-0.2, 0) is 26.5 Å². The maximum Gasteiger partial charge on any atom is 0.279 e. The van der Waals surface area contributed by atoms with Crippen LogP contribution in [0, 0.1) is 5.92 Å². The standard InChI is InChI=1S/C44H43FN6O6Si/c1-27-40(58(2,3)45)38(22-39(53)48-20-8-11-33(48)26-52)57-44(27)36-21-32(51-42(55)35-13-7-5-10-30(35)24-47-51)18-19-37(36)49(43(44)56)25-28-14-16-31(17-15-28)50-41(54)34-12-6-4-9-29(34)23-46-50/h4-7,9-10,12-19,21,23-24,27,33,38,40,52H,8,11,20,22,25-26H2,1-3H3/t27-,33+,38+,40-,44+/m1/s1. The van der Waals surface area contributed by atoms with Crippen LogP contribution in [0.5, 0.6) is 0 Å². The number of nitrogens with zero attached hydrogens (tertiary/aromatic N) is 6. The number of ether oxygens (including phenoxy) is 1. The third-order valence-electron chi connectivity index (χ3n) is 12.4. The van der Waals surface area contributed by atoms with Gasteiger partial charge in [-0.2, -0.15) is 19.6 Å². The highest BCUT2D eigenvalue weighted by atomic mass is 28.4. The number of carbonyl (C=O) groups is 2. The van der Waals surface area contributed by atoms with Gasteiger partial charge in [0.25, 0.3) is 17.0 Å². The Morgan fingerprint density at radius 3 is 2.10 bits per heavy atom. The van der Waals surface area contributed by atoms with Crippen LogP contribution in [0.25, 0.3) is 32.9 Å². The molecule has 9 rings (SSSR count). The van der Waals surface area contributed by atoms with Gasteiger partial charge in [0.15, 0.2) is 5.60 Å². The fourth-order valence-electron chi connectivity index (χ4n) is 9.64. The van der Waals surface area contributed by atoms with Crippen molar-refractivity contribution in [2.45, 2.75) is 69.1 Å². The molecule has 0 aliphatic carbocycles. The predicted molar refractivity (Wildman–Crippen MR) is 220 cm³/mol. The van der Waals surface area contributed by atoms with E-state index in [9.17, 15) is 19.5 Å². The number of aliphatic hydroxyl groups excluding tert-OH is 1. The lowest BCUT2D eigenvalue weighted by atomic mass is 9.82. The second kappa shape index (κ2) is 14.2. The van der Waals surface area contributed by atoms with E-state index in [2.05, 4.69) is 10.2 Å². The number of rotatable bonds is 8. The number of aromatic nitrogens is 4. The van der Waals surface area contributed by atoms with Gasteiger partial charge in [-0.3, -0.25) is 19.2 Å².